The van der Waals surface area contributed by atoms with Crippen LogP contribution in [-0.4, -0.2) is 28.9 Å². The number of rotatable bonds is 5. The highest BCUT2D eigenvalue weighted by molar-refractivity contribution is 14.1. The zero-order chi connectivity index (χ0) is 19.8. The molecule has 5 rings (SSSR count). The van der Waals surface area contributed by atoms with Crippen LogP contribution in [0.15, 0.2) is 65.0 Å². The molecule has 0 atom stereocenters. The molecule has 5 aromatic rings. The Morgan fingerprint density at radius 3 is 2.93 bits per heavy atom. The van der Waals surface area contributed by atoms with Gasteiger partial charge in [-0.1, -0.05) is 17.8 Å². The van der Waals surface area contributed by atoms with E-state index in [4.69, 9.17) is 4.98 Å². The van der Waals surface area contributed by atoms with Gasteiger partial charge in [0.05, 0.1) is 23.8 Å². The fraction of sp³-hybridized carbons (Fsp3) is 0.0526. The van der Waals surface area contributed by atoms with Gasteiger partial charge in [0.15, 0.2) is 11.5 Å². The lowest BCUT2D eigenvalue weighted by Gasteiger charge is -2.09. The summed E-state index contributed by atoms with van der Waals surface area (Å²) in [5.74, 6) is 0.694. The summed E-state index contributed by atoms with van der Waals surface area (Å²) in [4.78, 5) is 10.6. The fourth-order valence-corrected chi connectivity index (χ4v) is 5.18. The van der Waals surface area contributed by atoms with Gasteiger partial charge in [-0.15, -0.1) is 0 Å². The minimum absolute atomic E-state index is 0.694. The van der Waals surface area contributed by atoms with Gasteiger partial charge >= 0.3 is 0 Å². The van der Waals surface area contributed by atoms with Crippen molar-refractivity contribution in [2.24, 2.45) is 0 Å². The average molecular weight is 531 g/mol. The summed E-state index contributed by atoms with van der Waals surface area (Å²) < 4.78 is 7.58. The number of aromatic nitrogens is 6. The Morgan fingerprint density at radius 2 is 2.17 bits per heavy atom. The molecule has 7 nitrogen and oxygen atoms in total. The first-order valence-electron chi connectivity index (χ1n) is 8.67. The molecule has 0 saturated carbocycles. The molecular formula is C19H14IN7S2. The van der Waals surface area contributed by atoms with Crippen LogP contribution in [0.25, 0.3) is 16.9 Å². The third kappa shape index (κ3) is 3.87. The van der Waals surface area contributed by atoms with Gasteiger partial charge in [-0.05, 0) is 65.3 Å². The van der Waals surface area contributed by atoms with Crippen LogP contribution in [0.3, 0.4) is 0 Å². The molecule has 0 saturated heterocycles. The Balaban J connectivity index is 1.63. The van der Waals surface area contributed by atoms with Gasteiger partial charge in [-0.2, -0.15) is 9.47 Å². The number of hydrogen-bond acceptors (Lipinski definition) is 7. The van der Waals surface area contributed by atoms with E-state index < -0.39 is 0 Å². The second-order valence-corrected chi connectivity index (χ2v) is 9.41. The third-order valence-electron chi connectivity index (χ3n) is 4.15. The SMILES string of the molecule is Cc1cc(Nc2nc(Sc3cccc(I)c3)cn3c(-c4cn[nH]c4)cnc23)sn1. The summed E-state index contributed by atoms with van der Waals surface area (Å²) in [5.41, 5.74) is 3.64. The Labute approximate surface area is 188 Å². The summed E-state index contributed by atoms with van der Waals surface area (Å²) in [5, 5.41) is 12.1. The molecule has 0 aliphatic rings. The number of benzene rings is 1. The van der Waals surface area contributed by atoms with Crippen LogP contribution >= 0.6 is 45.9 Å². The number of imidazole rings is 1. The van der Waals surface area contributed by atoms with E-state index in [0.29, 0.717) is 5.82 Å². The third-order valence-corrected chi connectivity index (χ3v) is 6.51. The Hall–Kier alpha value is -2.44. The number of nitrogens with zero attached hydrogens (tertiary/aromatic N) is 5. The number of anilines is 2. The van der Waals surface area contributed by atoms with Crippen molar-refractivity contribution in [3.8, 4) is 11.3 Å². The number of H-pyrrole nitrogens is 1. The van der Waals surface area contributed by atoms with E-state index in [1.54, 1.807) is 18.0 Å². The molecular weight excluding hydrogens is 517 g/mol. The van der Waals surface area contributed by atoms with Crippen molar-refractivity contribution in [1.29, 1.82) is 0 Å². The predicted octanol–water partition coefficient (Wildman–Crippen LogP) is 5.38. The summed E-state index contributed by atoms with van der Waals surface area (Å²) >= 11 is 5.34. The zero-order valence-electron chi connectivity index (χ0n) is 15.1. The van der Waals surface area contributed by atoms with Crippen molar-refractivity contribution in [3.63, 3.8) is 0 Å². The van der Waals surface area contributed by atoms with E-state index in [1.165, 1.54) is 15.1 Å². The molecule has 4 heterocycles. The summed E-state index contributed by atoms with van der Waals surface area (Å²) in [6.07, 6.45) is 7.50. The smallest absolute Gasteiger partial charge is 0.181 e. The molecule has 4 aromatic heterocycles. The lowest BCUT2D eigenvalue weighted by atomic mass is 10.3. The quantitative estimate of drug-likeness (QED) is 0.296. The number of nitrogens with one attached hydrogen (secondary N) is 2. The fourth-order valence-electron chi connectivity index (χ4n) is 2.89. The van der Waals surface area contributed by atoms with Gasteiger partial charge in [0, 0.05) is 26.4 Å². The first-order valence-corrected chi connectivity index (χ1v) is 11.3. The van der Waals surface area contributed by atoms with E-state index in [9.17, 15) is 0 Å². The number of aromatic amines is 1. The van der Waals surface area contributed by atoms with Crippen LogP contribution in [0, 0.1) is 10.5 Å². The molecule has 0 aliphatic carbocycles. The summed E-state index contributed by atoms with van der Waals surface area (Å²) in [6, 6.07) is 10.4. The molecule has 0 spiro atoms. The van der Waals surface area contributed by atoms with E-state index >= 15 is 0 Å². The van der Waals surface area contributed by atoms with Crippen molar-refractivity contribution in [3.05, 3.63) is 64.4 Å². The highest BCUT2D eigenvalue weighted by atomic mass is 127. The van der Waals surface area contributed by atoms with Crippen LogP contribution in [-0.2, 0) is 0 Å². The predicted molar refractivity (Wildman–Crippen MR) is 124 cm³/mol. The molecule has 0 aliphatic heterocycles. The standard InChI is InChI=1S/C19H14IN7S2/c1-11-5-16(29-26-11)24-18-19-21-9-15(12-7-22-23-8-12)27(19)10-17(25-18)28-14-4-2-3-13(20)6-14/h2-10H,1H3,(H,22,23)(H,24,25). The molecule has 0 radical (unpaired) electrons. The molecule has 144 valence electrons. The molecule has 10 heteroatoms. The first kappa shape index (κ1) is 18.6. The van der Waals surface area contributed by atoms with Crippen molar-refractivity contribution in [2.45, 2.75) is 16.8 Å². The van der Waals surface area contributed by atoms with Crippen LogP contribution in [0.2, 0.25) is 0 Å². The van der Waals surface area contributed by atoms with Gasteiger partial charge in [-0.25, -0.2) is 9.97 Å². The van der Waals surface area contributed by atoms with Crippen molar-refractivity contribution in [2.75, 3.05) is 5.32 Å². The van der Waals surface area contributed by atoms with Crippen LogP contribution < -0.4 is 5.32 Å². The van der Waals surface area contributed by atoms with Crippen molar-refractivity contribution < 1.29 is 0 Å². The first-order chi connectivity index (χ1) is 14.2. The lowest BCUT2D eigenvalue weighted by molar-refractivity contribution is 1.03. The van der Waals surface area contributed by atoms with Crippen LogP contribution in [0.5, 0.6) is 0 Å². The number of hydrogen-bond donors (Lipinski definition) is 2. The number of aryl methyl sites for hydroxylation is 1. The molecule has 29 heavy (non-hydrogen) atoms. The molecule has 0 unspecified atom stereocenters. The van der Waals surface area contributed by atoms with Crippen molar-refractivity contribution >= 4 is 62.4 Å². The second kappa shape index (κ2) is 7.76. The average Bonchev–Trinajstić information content (AvgIpc) is 3.42. The number of fused-ring (bicyclic) bond motifs is 1. The van der Waals surface area contributed by atoms with Gasteiger partial charge in [-0.3, -0.25) is 9.50 Å². The van der Waals surface area contributed by atoms with Gasteiger partial charge in [0.2, 0.25) is 0 Å². The zero-order valence-corrected chi connectivity index (χ0v) is 18.9. The number of halogens is 1. The maximum absolute atomic E-state index is 4.85. The van der Waals surface area contributed by atoms with E-state index in [-0.39, 0.29) is 0 Å². The monoisotopic (exact) mass is 531 g/mol. The highest BCUT2D eigenvalue weighted by Crippen LogP contribution is 2.33. The molecule has 2 N–H and O–H groups in total. The highest BCUT2D eigenvalue weighted by Gasteiger charge is 2.15. The van der Waals surface area contributed by atoms with Crippen LogP contribution in [0.1, 0.15) is 5.69 Å². The van der Waals surface area contributed by atoms with Gasteiger partial charge < -0.3 is 5.32 Å². The van der Waals surface area contributed by atoms with E-state index in [2.05, 4.69) is 71.7 Å². The van der Waals surface area contributed by atoms with Crippen molar-refractivity contribution in [1.82, 2.24) is 28.9 Å². The molecule has 0 fully saturated rings. The largest absolute Gasteiger partial charge is 0.328 e. The Bertz CT molecular complexity index is 1290. The maximum Gasteiger partial charge on any atom is 0.181 e. The topological polar surface area (TPSA) is 83.8 Å². The summed E-state index contributed by atoms with van der Waals surface area (Å²) in [7, 11) is 0. The van der Waals surface area contributed by atoms with E-state index in [1.807, 2.05) is 36.0 Å². The second-order valence-electron chi connectivity index (χ2n) is 6.27. The molecule has 0 amide bonds. The maximum atomic E-state index is 4.85. The Kier molecular flexibility index (Phi) is 4.97. The molecule has 0 bridgehead atoms. The van der Waals surface area contributed by atoms with Crippen LogP contribution in [0.4, 0.5) is 10.8 Å². The lowest BCUT2D eigenvalue weighted by Crippen LogP contribution is -2.00. The molecule has 1 aromatic carbocycles. The normalized spacial score (nSPS) is 11.2. The van der Waals surface area contributed by atoms with Gasteiger partial charge in [0.1, 0.15) is 10.0 Å². The Morgan fingerprint density at radius 1 is 1.24 bits per heavy atom. The summed E-state index contributed by atoms with van der Waals surface area (Å²) in [6.45, 7) is 1.97. The minimum Gasteiger partial charge on any atom is -0.328 e. The minimum atomic E-state index is 0.694. The van der Waals surface area contributed by atoms with Gasteiger partial charge in [0.25, 0.3) is 0 Å². The van der Waals surface area contributed by atoms with E-state index in [0.717, 1.165) is 37.5 Å².